The molecule has 12 aromatic rings. The summed E-state index contributed by atoms with van der Waals surface area (Å²) in [5.74, 6) is -1.59. The number of carbonyl (C=O) groups excluding carboxylic acids is 2. The highest BCUT2D eigenvalue weighted by molar-refractivity contribution is 7.99. The van der Waals surface area contributed by atoms with Crippen LogP contribution in [0.25, 0.3) is 44.1 Å². The average Bonchev–Trinajstić information content (AvgIpc) is 2.06. The first-order chi connectivity index (χ1) is 43.8. The Morgan fingerprint density at radius 2 is 0.846 bits per heavy atom. The summed E-state index contributed by atoms with van der Waals surface area (Å²) in [6.07, 6.45) is 14.2. The zero-order valence-corrected chi connectivity index (χ0v) is 56.0. The molecule has 91 heavy (non-hydrogen) atoms. The molecule has 0 radical (unpaired) electrons. The van der Waals surface area contributed by atoms with Crippen LogP contribution in [0.15, 0.2) is 147 Å². The molecule has 0 atom stereocenters. The Morgan fingerprint density at radius 3 is 1.25 bits per heavy atom. The van der Waals surface area contributed by atoms with E-state index in [2.05, 4.69) is 104 Å². The number of nitrogens with one attached hydrogen (secondary N) is 1. The summed E-state index contributed by atoms with van der Waals surface area (Å²) in [5.41, 5.74) is 9.29. The Hall–Kier alpha value is -8.14. The van der Waals surface area contributed by atoms with Crippen molar-refractivity contribution in [2.24, 2.45) is 46.6 Å². The standard InChI is InChI=1S/C14H11ClN6O2S2.C13H10N6O2S2.C12H7Cl2N5OS2.C12H8ClN5OS2/c1-6(22)17-10-4-7(3-9(15)11(10)23)19-20-13-8-5-16-14(24-2)18-12(8)21-25-13;1-22-13-15-5-8-11(16-13)19-23-12(8)18-17-6-2-3-9(20)7(4-6)10(14)21;1-21-12-15-4-5-10(16-12)19-22-11(5)18-17-8-2-7(14)9(20)3-6(8)13;1-20-12-14-5-7-10(15-12)18-21-11(7)17-16-6-2-3-9(19)8(13)4-6/h3-5,23H,1-2H3,(H,17,22);2-5,20H,1H3,(H2,14,21);2-4,20H,1H3;2-5,19H,1H3. The van der Waals surface area contributed by atoms with Crippen LogP contribution in [0.5, 0.6) is 23.0 Å². The number of anilines is 1. The summed E-state index contributed by atoms with van der Waals surface area (Å²) in [4.78, 5) is 56.3. The molecule has 4 aromatic carbocycles. The lowest BCUT2D eigenvalue weighted by Crippen LogP contribution is -2.10. The van der Waals surface area contributed by atoms with Crippen LogP contribution < -0.4 is 11.1 Å². The number of azo groups is 4. The minimum absolute atomic E-state index is 0.0106. The Kier molecular flexibility index (Phi) is 23.1. The average molecular weight is 1450 g/mol. The molecule has 0 saturated carbocycles. The second-order valence-corrected chi connectivity index (χ2v) is 24.8. The van der Waals surface area contributed by atoms with Gasteiger partial charge in [0.2, 0.25) is 5.91 Å². The van der Waals surface area contributed by atoms with E-state index in [0.29, 0.717) is 102 Å². The molecule has 0 spiro atoms. The number of halogens is 4. The van der Waals surface area contributed by atoms with Crippen LogP contribution in [0.1, 0.15) is 17.3 Å². The number of fused-ring (bicyclic) bond motifs is 4. The van der Waals surface area contributed by atoms with Crippen LogP contribution in [0.3, 0.4) is 0 Å². The van der Waals surface area contributed by atoms with Gasteiger partial charge in [-0.25, -0.2) is 39.9 Å². The third-order valence-corrected chi connectivity index (χ3v) is 17.5. The van der Waals surface area contributed by atoms with E-state index in [1.807, 2.05) is 25.0 Å². The van der Waals surface area contributed by atoms with E-state index < -0.39 is 5.91 Å². The van der Waals surface area contributed by atoms with E-state index in [-0.39, 0.29) is 60.2 Å². The minimum Gasteiger partial charge on any atom is -0.507 e. The summed E-state index contributed by atoms with van der Waals surface area (Å²) in [6.45, 7) is 1.33. The molecule has 0 bridgehead atoms. The maximum atomic E-state index is 11.2. The van der Waals surface area contributed by atoms with Gasteiger partial charge in [-0.1, -0.05) is 93.5 Å². The van der Waals surface area contributed by atoms with Crippen LogP contribution >= 0.6 is 140 Å². The van der Waals surface area contributed by atoms with Gasteiger partial charge in [-0.2, -0.15) is 17.5 Å². The second kappa shape index (κ2) is 31.3. The molecular weight excluding hydrogens is 1420 g/mol. The van der Waals surface area contributed by atoms with Gasteiger partial charge >= 0.3 is 0 Å². The number of rotatable bonds is 14. The Balaban J connectivity index is 0.000000144. The lowest BCUT2D eigenvalue weighted by Gasteiger charge is -2.07. The first-order valence-corrected chi connectivity index (χ1v) is 34.2. The summed E-state index contributed by atoms with van der Waals surface area (Å²) in [5, 5.41) is 82.0. The van der Waals surface area contributed by atoms with Gasteiger partial charge in [-0.3, -0.25) is 9.59 Å². The first kappa shape index (κ1) is 67.3. The van der Waals surface area contributed by atoms with E-state index in [4.69, 9.17) is 52.1 Å². The minimum atomic E-state index is -0.735. The summed E-state index contributed by atoms with van der Waals surface area (Å²) < 4.78 is 16.9. The van der Waals surface area contributed by atoms with Gasteiger partial charge in [0.05, 0.1) is 69.9 Å². The van der Waals surface area contributed by atoms with Crippen molar-refractivity contribution in [3.8, 4) is 23.0 Å². The van der Waals surface area contributed by atoms with E-state index in [9.17, 15) is 30.0 Å². The smallest absolute Gasteiger partial charge is 0.252 e. The predicted octanol–water partition coefficient (Wildman–Crippen LogP) is 17.4. The number of phenolic OH excluding ortho intramolecular Hbond substituents is 3. The quantitative estimate of drug-likeness (QED) is 0.0255. The fraction of sp³-hybridized carbons (Fsp3) is 0.0980. The fourth-order valence-electron chi connectivity index (χ4n) is 6.82. The molecule has 28 nitrogen and oxygen atoms in total. The van der Waals surface area contributed by atoms with Gasteiger partial charge in [0.1, 0.15) is 22.9 Å². The number of aromatic hydroxyl groups is 4. The van der Waals surface area contributed by atoms with E-state index >= 15 is 0 Å². The predicted molar refractivity (Wildman–Crippen MR) is 360 cm³/mol. The van der Waals surface area contributed by atoms with Crippen LogP contribution in [0.4, 0.5) is 48.4 Å². The molecule has 0 aliphatic carbocycles. The van der Waals surface area contributed by atoms with Crippen molar-refractivity contribution in [3.63, 3.8) is 0 Å². The number of thioether (sulfide) groups is 4. The molecule has 2 amide bonds. The lowest BCUT2D eigenvalue weighted by atomic mass is 10.2. The van der Waals surface area contributed by atoms with Crippen molar-refractivity contribution >= 4 is 244 Å². The second-order valence-electron chi connectivity index (χ2n) is 17.1. The maximum absolute atomic E-state index is 11.2. The number of hydrogen-bond donors (Lipinski definition) is 6. The van der Waals surface area contributed by atoms with Crippen LogP contribution in [-0.2, 0) is 4.79 Å². The number of aromatic nitrogens is 12. The molecule has 0 aliphatic rings. The molecule has 0 saturated heterocycles. The number of benzene rings is 4. The zero-order chi connectivity index (χ0) is 64.9. The number of hydrogen-bond acceptors (Lipinski definition) is 34. The highest BCUT2D eigenvalue weighted by Gasteiger charge is 2.16. The van der Waals surface area contributed by atoms with Crippen LogP contribution in [0, 0.1) is 0 Å². The van der Waals surface area contributed by atoms with E-state index in [0.717, 1.165) is 28.5 Å². The molecule has 0 aliphatic heterocycles. The molecule has 7 N–H and O–H groups in total. The molecule has 8 aromatic heterocycles. The first-order valence-electron chi connectivity index (χ1n) is 24.7. The number of nitrogens with zero attached hydrogens (tertiary/aromatic N) is 20. The number of carbonyl (C=O) groups is 2. The zero-order valence-electron chi connectivity index (χ0n) is 46.5. The van der Waals surface area contributed by atoms with Crippen molar-refractivity contribution in [2.75, 3.05) is 30.3 Å². The number of phenols is 4. The molecule has 40 heteroatoms. The monoisotopic (exact) mass is 1450 g/mol. The van der Waals surface area contributed by atoms with Crippen molar-refractivity contribution in [1.82, 2.24) is 57.4 Å². The van der Waals surface area contributed by atoms with Crippen LogP contribution in [-0.4, -0.2) is 115 Å². The summed E-state index contributed by atoms with van der Waals surface area (Å²) in [6, 6.07) is 14.5. The molecule has 8 heterocycles. The third kappa shape index (κ3) is 17.3. The van der Waals surface area contributed by atoms with Crippen molar-refractivity contribution in [2.45, 2.75) is 27.5 Å². The topological polar surface area (TPSA) is 407 Å². The number of nitrogens with two attached hydrogens (primary N) is 1. The largest absolute Gasteiger partial charge is 0.507 e. The Bertz CT molecular complexity index is 4830. The van der Waals surface area contributed by atoms with E-state index in [1.54, 1.807) is 30.9 Å². The van der Waals surface area contributed by atoms with Gasteiger partial charge in [-0.15, -0.1) is 40.9 Å². The van der Waals surface area contributed by atoms with Gasteiger partial charge in [0, 0.05) is 37.8 Å². The molecule has 12 rings (SSSR count). The van der Waals surface area contributed by atoms with Gasteiger partial charge < -0.3 is 31.5 Å². The molecular formula is C51H36Cl4N22O6S8. The molecule has 0 unspecified atom stereocenters. The van der Waals surface area contributed by atoms with Crippen molar-refractivity contribution < 1.29 is 30.0 Å². The maximum Gasteiger partial charge on any atom is 0.252 e. The van der Waals surface area contributed by atoms with Gasteiger partial charge in [0.25, 0.3) is 5.91 Å². The summed E-state index contributed by atoms with van der Waals surface area (Å²) in [7, 11) is 0. The lowest BCUT2D eigenvalue weighted by molar-refractivity contribution is -0.114. The number of primary amides is 1. The third-order valence-electron chi connectivity index (χ3n) is 11.1. The SMILES string of the molecule is CSc1ncc2c(N=Nc3cc(Cl)c(O)c(NC(C)=O)c3)snc2n1.CSc1ncc2c(N=Nc3cc(Cl)c(O)cc3Cl)snc2n1.CSc1ncc2c(N=Nc3ccc(O)c(C(N)=O)c3)snc2n1.CSc1ncc2c(N=Nc3ccc(O)c(Cl)c3)snc2n1. The fourth-order valence-corrected chi connectivity index (χ4v) is 11.4. The molecule has 0 fully saturated rings. The highest BCUT2D eigenvalue weighted by Crippen LogP contribution is 2.41. The Labute approximate surface area is 565 Å². The van der Waals surface area contributed by atoms with Crippen molar-refractivity contribution in [3.05, 3.63) is 111 Å². The van der Waals surface area contributed by atoms with Gasteiger partial charge in [0.15, 0.2) is 69.0 Å². The molecule has 462 valence electrons. The van der Waals surface area contributed by atoms with Crippen LogP contribution in [0.2, 0.25) is 20.1 Å². The highest BCUT2D eigenvalue weighted by atomic mass is 35.5. The normalized spacial score (nSPS) is 11.4. The van der Waals surface area contributed by atoms with E-state index in [1.165, 1.54) is 132 Å². The van der Waals surface area contributed by atoms with Gasteiger partial charge in [-0.05, 0) is 126 Å². The Morgan fingerprint density at radius 1 is 0.462 bits per heavy atom. The van der Waals surface area contributed by atoms with Crippen molar-refractivity contribution in [1.29, 1.82) is 0 Å². The summed E-state index contributed by atoms with van der Waals surface area (Å²) >= 11 is 34.0. The number of amides is 2.